The third-order valence-electron chi connectivity index (χ3n) is 4.30. The van der Waals surface area contributed by atoms with Crippen LogP contribution in [0.3, 0.4) is 0 Å². The normalized spacial score (nSPS) is 10.9. The van der Waals surface area contributed by atoms with Gasteiger partial charge in [0.15, 0.2) is 0 Å². The van der Waals surface area contributed by atoms with E-state index in [1.807, 2.05) is 26.0 Å². The molecule has 0 atom stereocenters. The van der Waals surface area contributed by atoms with E-state index in [0.717, 1.165) is 35.8 Å². The second kappa shape index (κ2) is 9.80. The maximum absolute atomic E-state index is 12.9. The molecular formula is C21H15Cl3FN5S2. The fourth-order valence-electron chi connectivity index (χ4n) is 2.92. The van der Waals surface area contributed by atoms with Crippen LogP contribution in [0.5, 0.6) is 0 Å². The van der Waals surface area contributed by atoms with Crippen LogP contribution in [0.15, 0.2) is 36.4 Å². The van der Waals surface area contributed by atoms with E-state index < -0.39 is 0 Å². The fourth-order valence-corrected chi connectivity index (χ4v) is 5.44. The first-order valence-electron chi connectivity index (χ1n) is 9.29. The predicted molar refractivity (Wildman–Crippen MR) is 133 cm³/mol. The molecule has 0 aliphatic carbocycles. The standard InChI is InChI=1S/C14H11ClFN3S.C7H4Cl2N2S/c1-8-6-11-12(18-14(15)19-13(11)20-8)17-7-9-2-4-10(16)5-3-9;1-3-2-4-5(8)10-7(9)11-6(4)12-3/h2-6H,7H2,1H3,(H,17,18,19);2H,1H3. The minimum Gasteiger partial charge on any atom is -0.365 e. The van der Waals surface area contributed by atoms with Gasteiger partial charge in [0.2, 0.25) is 10.6 Å². The molecule has 1 N–H and O–H groups in total. The summed E-state index contributed by atoms with van der Waals surface area (Å²) in [6, 6.07) is 10.3. The number of fused-ring (bicyclic) bond motifs is 2. The molecule has 5 nitrogen and oxygen atoms in total. The third kappa shape index (κ3) is 5.44. The van der Waals surface area contributed by atoms with Crippen molar-refractivity contribution < 1.29 is 4.39 Å². The van der Waals surface area contributed by atoms with Crippen LogP contribution in [-0.2, 0) is 6.54 Å². The van der Waals surface area contributed by atoms with E-state index in [2.05, 4.69) is 25.3 Å². The molecule has 0 bridgehead atoms. The Morgan fingerprint density at radius 2 is 1.38 bits per heavy atom. The van der Waals surface area contributed by atoms with Gasteiger partial charge in [0, 0.05) is 21.7 Å². The molecular weight excluding hydrogens is 512 g/mol. The number of nitrogens with one attached hydrogen (secondary N) is 1. The quantitative estimate of drug-likeness (QED) is 0.193. The second-order valence-corrected chi connectivity index (χ2v) is 10.3. The van der Waals surface area contributed by atoms with Crippen LogP contribution in [0.4, 0.5) is 10.2 Å². The first-order valence-corrected chi connectivity index (χ1v) is 12.1. The molecule has 0 amide bonds. The number of benzene rings is 1. The zero-order chi connectivity index (χ0) is 22.8. The zero-order valence-corrected chi connectivity index (χ0v) is 20.7. The Hall–Kier alpha value is -2.10. The van der Waals surface area contributed by atoms with E-state index in [1.165, 1.54) is 12.1 Å². The van der Waals surface area contributed by atoms with Crippen molar-refractivity contribution in [2.24, 2.45) is 0 Å². The van der Waals surface area contributed by atoms with Gasteiger partial charge in [0.05, 0.1) is 5.39 Å². The van der Waals surface area contributed by atoms with Crippen molar-refractivity contribution >= 4 is 83.7 Å². The van der Waals surface area contributed by atoms with E-state index in [1.54, 1.807) is 34.8 Å². The first-order chi connectivity index (χ1) is 15.3. The van der Waals surface area contributed by atoms with Gasteiger partial charge in [0.1, 0.15) is 26.4 Å². The maximum Gasteiger partial charge on any atom is 0.225 e. The summed E-state index contributed by atoms with van der Waals surface area (Å²) in [6.07, 6.45) is 0. The summed E-state index contributed by atoms with van der Waals surface area (Å²) >= 11 is 20.5. The Labute approximate surface area is 206 Å². The van der Waals surface area contributed by atoms with Crippen molar-refractivity contribution in [3.05, 3.63) is 73.3 Å². The Morgan fingerprint density at radius 3 is 2.03 bits per heavy atom. The summed E-state index contributed by atoms with van der Waals surface area (Å²) in [7, 11) is 0. The lowest BCUT2D eigenvalue weighted by molar-refractivity contribution is 0.627. The molecule has 0 spiro atoms. The van der Waals surface area contributed by atoms with Crippen molar-refractivity contribution in [2.75, 3.05) is 5.32 Å². The summed E-state index contributed by atoms with van der Waals surface area (Å²) in [5.41, 5.74) is 0.973. The first kappa shape index (κ1) is 23.1. The number of rotatable bonds is 3. The molecule has 0 unspecified atom stereocenters. The molecule has 32 heavy (non-hydrogen) atoms. The van der Waals surface area contributed by atoms with Gasteiger partial charge in [-0.1, -0.05) is 23.7 Å². The third-order valence-corrected chi connectivity index (χ3v) is 6.82. The largest absolute Gasteiger partial charge is 0.365 e. The van der Waals surface area contributed by atoms with Crippen molar-refractivity contribution in [1.29, 1.82) is 0 Å². The minimum atomic E-state index is -0.241. The van der Waals surface area contributed by atoms with Crippen LogP contribution in [0.25, 0.3) is 20.4 Å². The summed E-state index contributed by atoms with van der Waals surface area (Å²) in [5.74, 6) is 0.461. The second-order valence-electron chi connectivity index (χ2n) is 6.76. The highest BCUT2D eigenvalue weighted by atomic mass is 35.5. The molecule has 4 aromatic heterocycles. The molecule has 0 fully saturated rings. The topological polar surface area (TPSA) is 63.6 Å². The summed E-state index contributed by atoms with van der Waals surface area (Å²) in [5, 5.41) is 5.91. The van der Waals surface area contributed by atoms with E-state index in [4.69, 9.17) is 34.8 Å². The molecule has 5 rings (SSSR count). The highest BCUT2D eigenvalue weighted by Crippen LogP contribution is 2.30. The van der Waals surface area contributed by atoms with Gasteiger partial charge >= 0.3 is 0 Å². The summed E-state index contributed by atoms with van der Waals surface area (Å²) in [4.78, 5) is 20.3. The minimum absolute atomic E-state index is 0.203. The van der Waals surface area contributed by atoms with Crippen LogP contribution < -0.4 is 5.32 Å². The van der Waals surface area contributed by atoms with Gasteiger partial charge in [-0.25, -0.2) is 24.3 Å². The summed E-state index contributed by atoms with van der Waals surface area (Å²) in [6.45, 7) is 4.57. The molecule has 0 aliphatic heterocycles. The number of hydrogen-bond acceptors (Lipinski definition) is 7. The van der Waals surface area contributed by atoms with Gasteiger partial charge in [-0.3, -0.25) is 0 Å². The van der Waals surface area contributed by atoms with Gasteiger partial charge in [-0.2, -0.15) is 0 Å². The number of thiophene rings is 2. The monoisotopic (exact) mass is 525 g/mol. The Kier molecular flexibility index (Phi) is 7.07. The zero-order valence-electron chi connectivity index (χ0n) is 16.8. The molecule has 4 heterocycles. The lowest BCUT2D eigenvalue weighted by Crippen LogP contribution is -2.02. The van der Waals surface area contributed by atoms with Crippen molar-refractivity contribution in [1.82, 2.24) is 19.9 Å². The van der Waals surface area contributed by atoms with E-state index in [-0.39, 0.29) is 16.4 Å². The molecule has 5 aromatic rings. The van der Waals surface area contributed by atoms with Crippen molar-refractivity contribution in [3.63, 3.8) is 0 Å². The Balaban J connectivity index is 0.000000174. The molecule has 0 saturated carbocycles. The number of anilines is 1. The fraction of sp³-hybridized carbons (Fsp3) is 0.143. The van der Waals surface area contributed by atoms with Gasteiger partial charge < -0.3 is 5.32 Å². The molecule has 11 heteroatoms. The van der Waals surface area contributed by atoms with E-state index in [0.29, 0.717) is 17.5 Å². The molecule has 0 radical (unpaired) electrons. The molecule has 164 valence electrons. The molecule has 0 saturated heterocycles. The Bertz CT molecular complexity index is 1400. The highest BCUT2D eigenvalue weighted by molar-refractivity contribution is 7.19. The highest BCUT2D eigenvalue weighted by Gasteiger charge is 2.09. The number of halogens is 4. The van der Waals surface area contributed by atoms with Crippen LogP contribution >= 0.6 is 57.5 Å². The number of hydrogen-bond donors (Lipinski definition) is 1. The maximum atomic E-state index is 12.9. The van der Waals surface area contributed by atoms with Crippen LogP contribution in [0.2, 0.25) is 15.7 Å². The average Bonchev–Trinajstić information content (AvgIpc) is 3.29. The van der Waals surface area contributed by atoms with Crippen LogP contribution in [0, 0.1) is 19.7 Å². The summed E-state index contributed by atoms with van der Waals surface area (Å²) < 4.78 is 12.9. The van der Waals surface area contributed by atoms with Gasteiger partial charge in [-0.05, 0) is 66.9 Å². The van der Waals surface area contributed by atoms with Crippen LogP contribution in [0.1, 0.15) is 15.3 Å². The van der Waals surface area contributed by atoms with E-state index >= 15 is 0 Å². The lowest BCUT2D eigenvalue weighted by Gasteiger charge is -2.07. The molecule has 0 aliphatic rings. The van der Waals surface area contributed by atoms with Gasteiger partial charge in [0.25, 0.3) is 0 Å². The number of aromatic nitrogens is 4. The predicted octanol–water partition coefficient (Wildman–Crippen LogP) is 7.71. The number of aryl methyl sites for hydroxylation is 2. The van der Waals surface area contributed by atoms with Crippen LogP contribution in [-0.4, -0.2) is 19.9 Å². The Morgan fingerprint density at radius 1 is 0.812 bits per heavy atom. The molecule has 1 aromatic carbocycles. The smallest absolute Gasteiger partial charge is 0.225 e. The van der Waals surface area contributed by atoms with Gasteiger partial charge in [-0.15, -0.1) is 22.7 Å². The van der Waals surface area contributed by atoms with Crippen molar-refractivity contribution in [3.8, 4) is 0 Å². The van der Waals surface area contributed by atoms with E-state index in [9.17, 15) is 4.39 Å². The number of nitrogens with zero attached hydrogens (tertiary/aromatic N) is 4. The van der Waals surface area contributed by atoms with Crippen molar-refractivity contribution in [2.45, 2.75) is 20.4 Å². The average molecular weight is 527 g/mol. The lowest BCUT2D eigenvalue weighted by atomic mass is 10.2. The SMILES string of the molecule is Cc1cc2c(Cl)nc(Cl)nc2s1.Cc1cc2c(NCc3ccc(F)cc3)nc(Cl)nc2s1.